The topological polar surface area (TPSA) is 63.1 Å². The highest BCUT2D eigenvalue weighted by molar-refractivity contribution is 5.97. The molecule has 172 valence electrons. The monoisotopic (exact) mass is 435 g/mol. The maximum absolute atomic E-state index is 13.4. The number of carbonyl (C=O) groups excluding carboxylic acids is 1. The lowest BCUT2D eigenvalue weighted by Gasteiger charge is -2.35. The molecule has 1 aromatic heterocycles. The summed E-state index contributed by atoms with van der Waals surface area (Å²) in [5, 5.41) is 7.71. The molecule has 3 heterocycles. The molecule has 1 aliphatic carbocycles. The summed E-state index contributed by atoms with van der Waals surface area (Å²) in [4.78, 5) is 26.7. The van der Waals surface area contributed by atoms with Gasteiger partial charge in [0.2, 0.25) is 5.43 Å². The fourth-order valence-corrected chi connectivity index (χ4v) is 6.45. The van der Waals surface area contributed by atoms with Gasteiger partial charge in [-0.15, -0.1) is 0 Å². The Hall–Kier alpha value is -2.14. The van der Waals surface area contributed by atoms with Gasteiger partial charge in [-0.1, -0.05) is 45.2 Å². The molecular weight excluding hydrogens is 398 g/mol. The molecule has 2 N–H and O–H groups in total. The molecule has 3 fully saturated rings. The normalized spacial score (nSPS) is 31.2. The lowest BCUT2D eigenvalue weighted by molar-refractivity contribution is 0.0915. The molecule has 3 aliphatic rings. The van der Waals surface area contributed by atoms with Gasteiger partial charge in [-0.05, 0) is 62.5 Å². The SMILES string of the molecule is CC1CC2CC(NC(=O)c3cn(C4CCCCC4)c4ccccc4c3=O)CC(CC1C)N2. The number of piperidine rings is 1. The predicted octanol–water partition coefficient (Wildman–Crippen LogP) is 4.79. The Morgan fingerprint density at radius 3 is 2.31 bits per heavy atom. The van der Waals surface area contributed by atoms with E-state index in [-0.39, 0.29) is 17.4 Å². The van der Waals surface area contributed by atoms with E-state index in [1.54, 1.807) is 0 Å². The zero-order valence-electron chi connectivity index (χ0n) is 19.5. The highest BCUT2D eigenvalue weighted by Gasteiger charge is 2.35. The van der Waals surface area contributed by atoms with Crippen LogP contribution in [0.1, 0.15) is 88.0 Å². The van der Waals surface area contributed by atoms with Crippen LogP contribution in [0.2, 0.25) is 0 Å². The summed E-state index contributed by atoms with van der Waals surface area (Å²) in [7, 11) is 0. The van der Waals surface area contributed by atoms with Crippen LogP contribution in [0.4, 0.5) is 0 Å². The maximum atomic E-state index is 13.4. The number of rotatable bonds is 3. The Labute approximate surface area is 191 Å². The van der Waals surface area contributed by atoms with E-state index in [1.807, 2.05) is 30.5 Å². The highest BCUT2D eigenvalue weighted by atomic mass is 16.2. The molecule has 4 unspecified atom stereocenters. The van der Waals surface area contributed by atoms with Gasteiger partial charge >= 0.3 is 0 Å². The standard InChI is InChI=1S/C27H37N3O2/c1-17-12-19-14-21(15-20(28-19)13-18(17)2)29-27(32)24-16-30(22-8-4-3-5-9-22)25-11-7-6-10-23(25)26(24)31/h6-7,10-11,16-22,28H,3-5,8-9,12-15H2,1-2H3,(H,29,32). The third-order valence-electron chi connectivity index (χ3n) is 8.38. The molecular formula is C27H37N3O2. The van der Waals surface area contributed by atoms with Crippen LogP contribution in [0.5, 0.6) is 0 Å². The first-order valence-electron chi connectivity index (χ1n) is 12.7. The molecule has 2 bridgehead atoms. The average Bonchev–Trinajstić information content (AvgIpc) is 2.89. The minimum absolute atomic E-state index is 0.130. The number of hydrogen-bond acceptors (Lipinski definition) is 3. The number of amides is 1. The fourth-order valence-electron chi connectivity index (χ4n) is 6.45. The van der Waals surface area contributed by atoms with Crippen molar-refractivity contribution in [2.45, 2.75) is 95.8 Å². The molecule has 1 aromatic carbocycles. The lowest BCUT2D eigenvalue weighted by atomic mass is 9.89. The van der Waals surface area contributed by atoms with Gasteiger partial charge < -0.3 is 15.2 Å². The van der Waals surface area contributed by atoms with Crippen molar-refractivity contribution in [1.82, 2.24) is 15.2 Å². The van der Waals surface area contributed by atoms with Crippen molar-refractivity contribution in [2.24, 2.45) is 11.8 Å². The van der Waals surface area contributed by atoms with Crippen LogP contribution in [-0.4, -0.2) is 28.6 Å². The zero-order valence-corrected chi connectivity index (χ0v) is 19.5. The number of fused-ring (bicyclic) bond motifs is 3. The molecule has 5 heteroatoms. The molecule has 2 saturated heterocycles. The Balaban J connectivity index is 1.42. The average molecular weight is 436 g/mol. The summed E-state index contributed by atoms with van der Waals surface area (Å²) in [5.74, 6) is 1.21. The Morgan fingerprint density at radius 1 is 0.969 bits per heavy atom. The van der Waals surface area contributed by atoms with E-state index in [0.717, 1.165) is 44.0 Å². The van der Waals surface area contributed by atoms with Gasteiger partial charge in [0.25, 0.3) is 5.91 Å². The van der Waals surface area contributed by atoms with Crippen LogP contribution < -0.4 is 16.1 Å². The Bertz CT molecular complexity index is 1020. The van der Waals surface area contributed by atoms with Crippen molar-refractivity contribution < 1.29 is 4.79 Å². The van der Waals surface area contributed by atoms with Crippen molar-refractivity contribution in [1.29, 1.82) is 0 Å². The Kier molecular flexibility index (Phi) is 6.11. The van der Waals surface area contributed by atoms with Crippen LogP contribution in [0.25, 0.3) is 10.9 Å². The summed E-state index contributed by atoms with van der Waals surface area (Å²) < 4.78 is 2.22. The molecule has 0 radical (unpaired) electrons. The number of benzene rings is 1. The van der Waals surface area contributed by atoms with Crippen molar-refractivity contribution in [3.8, 4) is 0 Å². The first-order chi connectivity index (χ1) is 15.5. The summed E-state index contributed by atoms with van der Waals surface area (Å²) in [5.41, 5.74) is 1.12. The van der Waals surface area contributed by atoms with E-state index in [9.17, 15) is 9.59 Å². The number of carbonyl (C=O) groups is 1. The van der Waals surface area contributed by atoms with E-state index in [2.05, 4.69) is 29.0 Å². The van der Waals surface area contributed by atoms with Crippen LogP contribution in [0, 0.1) is 11.8 Å². The molecule has 2 aliphatic heterocycles. The molecule has 2 aromatic rings. The van der Waals surface area contributed by atoms with Crippen molar-refractivity contribution in [3.63, 3.8) is 0 Å². The van der Waals surface area contributed by atoms with Crippen LogP contribution in [0.15, 0.2) is 35.3 Å². The minimum Gasteiger partial charge on any atom is -0.349 e. The molecule has 1 saturated carbocycles. The number of nitrogens with zero attached hydrogens (tertiary/aromatic N) is 1. The molecule has 32 heavy (non-hydrogen) atoms. The third kappa shape index (κ3) is 4.24. The lowest BCUT2D eigenvalue weighted by Crippen LogP contribution is -2.52. The van der Waals surface area contributed by atoms with Crippen molar-refractivity contribution >= 4 is 16.8 Å². The molecule has 4 atom stereocenters. The van der Waals surface area contributed by atoms with Gasteiger partial charge in [0.05, 0.1) is 5.52 Å². The summed E-state index contributed by atoms with van der Waals surface area (Å²) >= 11 is 0. The van der Waals surface area contributed by atoms with Gasteiger partial charge in [0.15, 0.2) is 0 Å². The number of nitrogens with one attached hydrogen (secondary N) is 2. The van der Waals surface area contributed by atoms with E-state index in [1.165, 1.54) is 19.3 Å². The molecule has 1 amide bonds. The first-order valence-corrected chi connectivity index (χ1v) is 12.7. The van der Waals surface area contributed by atoms with Crippen LogP contribution in [-0.2, 0) is 0 Å². The second-order valence-electron chi connectivity index (χ2n) is 10.7. The van der Waals surface area contributed by atoms with Gasteiger partial charge in [0.1, 0.15) is 5.56 Å². The second kappa shape index (κ2) is 9.01. The van der Waals surface area contributed by atoms with Crippen molar-refractivity contribution in [3.05, 3.63) is 46.2 Å². The van der Waals surface area contributed by atoms with E-state index >= 15 is 0 Å². The summed E-state index contributed by atoms with van der Waals surface area (Å²) in [6.45, 7) is 4.70. The Morgan fingerprint density at radius 2 is 1.62 bits per heavy atom. The van der Waals surface area contributed by atoms with Gasteiger partial charge in [-0.2, -0.15) is 0 Å². The van der Waals surface area contributed by atoms with E-state index in [0.29, 0.717) is 40.9 Å². The van der Waals surface area contributed by atoms with Gasteiger partial charge in [-0.3, -0.25) is 9.59 Å². The zero-order chi connectivity index (χ0) is 22.2. The number of pyridine rings is 1. The molecule has 5 nitrogen and oxygen atoms in total. The van der Waals surface area contributed by atoms with Gasteiger partial charge in [0, 0.05) is 35.8 Å². The number of aromatic nitrogens is 1. The largest absolute Gasteiger partial charge is 0.349 e. The quantitative estimate of drug-likeness (QED) is 0.728. The van der Waals surface area contributed by atoms with Gasteiger partial charge in [-0.25, -0.2) is 0 Å². The maximum Gasteiger partial charge on any atom is 0.256 e. The predicted molar refractivity (Wildman–Crippen MR) is 129 cm³/mol. The summed E-state index contributed by atoms with van der Waals surface area (Å²) in [6, 6.07) is 9.18. The van der Waals surface area contributed by atoms with Crippen LogP contribution in [0.3, 0.4) is 0 Å². The highest BCUT2D eigenvalue weighted by Crippen LogP contribution is 2.33. The molecule has 0 spiro atoms. The first kappa shape index (κ1) is 21.7. The van der Waals surface area contributed by atoms with Crippen molar-refractivity contribution in [2.75, 3.05) is 0 Å². The van der Waals surface area contributed by atoms with Crippen LogP contribution >= 0.6 is 0 Å². The fraction of sp³-hybridized carbons (Fsp3) is 0.630. The summed E-state index contributed by atoms with van der Waals surface area (Å²) in [6.07, 6.45) is 12.0. The number of hydrogen-bond donors (Lipinski definition) is 2. The molecule has 5 rings (SSSR count). The third-order valence-corrected chi connectivity index (χ3v) is 8.38. The number of para-hydroxylation sites is 1. The minimum atomic E-state index is -0.199. The smallest absolute Gasteiger partial charge is 0.256 e. The van der Waals surface area contributed by atoms with E-state index < -0.39 is 0 Å². The second-order valence-corrected chi connectivity index (χ2v) is 10.7. The van der Waals surface area contributed by atoms with E-state index in [4.69, 9.17) is 0 Å².